The van der Waals surface area contributed by atoms with Gasteiger partial charge in [-0.15, -0.1) is 0 Å². The van der Waals surface area contributed by atoms with Crippen LogP contribution >= 0.6 is 11.6 Å². The van der Waals surface area contributed by atoms with Crippen molar-refractivity contribution >= 4 is 34.4 Å². The first-order chi connectivity index (χ1) is 8.83. The molecule has 0 unspecified atom stereocenters. The standard InChI is InChI=1S/C13H14ClN3O2/c1-13(2,3)19-12(18)17-10-5-8-4-9(14)6-15-11(8)16-7-10/h4-7H,1-3H3,(H,17,18). The molecule has 2 rings (SSSR count). The van der Waals surface area contributed by atoms with Crippen LogP contribution in [0.25, 0.3) is 11.0 Å². The molecule has 0 saturated heterocycles. The second kappa shape index (κ2) is 5.01. The summed E-state index contributed by atoms with van der Waals surface area (Å²) in [4.78, 5) is 19.8. The van der Waals surface area contributed by atoms with Crippen LogP contribution in [0.1, 0.15) is 20.8 Å². The molecule has 5 nitrogen and oxygen atoms in total. The van der Waals surface area contributed by atoms with Gasteiger partial charge in [-0.1, -0.05) is 11.6 Å². The van der Waals surface area contributed by atoms with Gasteiger partial charge in [-0.3, -0.25) is 5.32 Å². The van der Waals surface area contributed by atoms with Gasteiger partial charge in [0.15, 0.2) is 5.65 Å². The predicted molar refractivity (Wildman–Crippen MR) is 74.4 cm³/mol. The number of amides is 1. The van der Waals surface area contributed by atoms with E-state index in [9.17, 15) is 4.79 Å². The molecule has 2 aromatic heterocycles. The summed E-state index contributed by atoms with van der Waals surface area (Å²) in [7, 11) is 0. The number of aromatic nitrogens is 2. The van der Waals surface area contributed by atoms with Crippen molar-refractivity contribution in [2.45, 2.75) is 26.4 Å². The first-order valence-electron chi connectivity index (χ1n) is 5.75. The van der Waals surface area contributed by atoms with Gasteiger partial charge < -0.3 is 4.74 Å². The van der Waals surface area contributed by atoms with Crippen molar-refractivity contribution in [2.75, 3.05) is 5.32 Å². The number of carbonyl (C=O) groups is 1. The Kier molecular flexibility index (Phi) is 3.57. The molecule has 0 saturated carbocycles. The van der Waals surface area contributed by atoms with E-state index in [0.717, 1.165) is 5.39 Å². The minimum absolute atomic E-state index is 0.517. The molecule has 1 amide bonds. The van der Waals surface area contributed by atoms with E-state index < -0.39 is 11.7 Å². The number of hydrogen-bond acceptors (Lipinski definition) is 4. The van der Waals surface area contributed by atoms with E-state index in [-0.39, 0.29) is 0 Å². The monoisotopic (exact) mass is 279 g/mol. The maximum atomic E-state index is 11.6. The van der Waals surface area contributed by atoms with Crippen LogP contribution in [0.4, 0.5) is 10.5 Å². The van der Waals surface area contributed by atoms with E-state index in [4.69, 9.17) is 16.3 Å². The summed E-state index contributed by atoms with van der Waals surface area (Å²) in [5.74, 6) is 0. The second-order valence-electron chi connectivity index (χ2n) is 5.05. The summed E-state index contributed by atoms with van der Waals surface area (Å²) in [5, 5.41) is 3.88. The van der Waals surface area contributed by atoms with Crippen LogP contribution in [0.2, 0.25) is 5.02 Å². The van der Waals surface area contributed by atoms with Crippen LogP contribution in [0.3, 0.4) is 0 Å². The van der Waals surface area contributed by atoms with E-state index in [2.05, 4.69) is 15.3 Å². The Labute approximate surface area is 116 Å². The smallest absolute Gasteiger partial charge is 0.412 e. The van der Waals surface area contributed by atoms with Crippen molar-refractivity contribution in [3.05, 3.63) is 29.5 Å². The molecule has 100 valence electrons. The van der Waals surface area contributed by atoms with Gasteiger partial charge in [0.05, 0.1) is 16.9 Å². The highest BCUT2D eigenvalue weighted by molar-refractivity contribution is 6.31. The van der Waals surface area contributed by atoms with E-state index >= 15 is 0 Å². The lowest BCUT2D eigenvalue weighted by atomic mass is 10.2. The molecule has 0 aliphatic heterocycles. The number of nitrogens with one attached hydrogen (secondary N) is 1. The molecule has 19 heavy (non-hydrogen) atoms. The average Bonchev–Trinajstić information content (AvgIpc) is 2.25. The van der Waals surface area contributed by atoms with E-state index in [1.165, 1.54) is 12.4 Å². The number of hydrogen-bond donors (Lipinski definition) is 1. The van der Waals surface area contributed by atoms with Crippen molar-refractivity contribution in [3.8, 4) is 0 Å². The maximum absolute atomic E-state index is 11.6. The van der Waals surface area contributed by atoms with Gasteiger partial charge in [-0.2, -0.15) is 0 Å². The Morgan fingerprint density at radius 2 is 1.95 bits per heavy atom. The highest BCUT2D eigenvalue weighted by Gasteiger charge is 2.16. The molecule has 0 aromatic carbocycles. The molecule has 0 bridgehead atoms. The Hall–Kier alpha value is -1.88. The normalized spacial score (nSPS) is 11.4. The van der Waals surface area contributed by atoms with Gasteiger partial charge in [0.1, 0.15) is 5.60 Å². The first-order valence-corrected chi connectivity index (χ1v) is 6.12. The molecule has 0 spiro atoms. The summed E-state index contributed by atoms with van der Waals surface area (Å²) in [6.07, 6.45) is 2.52. The Balaban J connectivity index is 2.19. The number of rotatable bonds is 1. The molecule has 2 heterocycles. The summed E-state index contributed by atoms with van der Waals surface area (Å²) in [6, 6.07) is 3.47. The third-order valence-electron chi connectivity index (χ3n) is 2.14. The van der Waals surface area contributed by atoms with Gasteiger partial charge in [0, 0.05) is 11.6 Å². The quantitative estimate of drug-likeness (QED) is 0.866. The number of halogens is 1. The topological polar surface area (TPSA) is 64.1 Å². The van der Waals surface area contributed by atoms with Crippen LogP contribution in [-0.2, 0) is 4.74 Å². The van der Waals surface area contributed by atoms with Gasteiger partial charge >= 0.3 is 6.09 Å². The number of fused-ring (bicyclic) bond motifs is 1. The second-order valence-corrected chi connectivity index (χ2v) is 5.49. The van der Waals surface area contributed by atoms with Gasteiger partial charge in [0.2, 0.25) is 0 Å². The van der Waals surface area contributed by atoms with Gasteiger partial charge in [-0.05, 0) is 32.9 Å². The van der Waals surface area contributed by atoms with Crippen LogP contribution in [0.15, 0.2) is 24.5 Å². The largest absolute Gasteiger partial charge is 0.444 e. The predicted octanol–water partition coefficient (Wildman–Crippen LogP) is 3.63. The minimum atomic E-state index is -0.542. The average molecular weight is 280 g/mol. The molecule has 0 aliphatic rings. The fourth-order valence-electron chi connectivity index (χ4n) is 1.49. The fourth-order valence-corrected chi connectivity index (χ4v) is 1.65. The number of ether oxygens (including phenoxy) is 1. The fraction of sp³-hybridized carbons (Fsp3) is 0.308. The Morgan fingerprint density at radius 1 is 1.26 bits per heavy atom. The SMILES string of the molecule is CC(C)(C)OC(=O)Nc1cnc2ncc(Cl)cc2c1. The number of pyridine rings is 2. The van der Waals surface area contributed by atoms with Crippen molar-refractivity contribution < 1.29 is 9.53 Å². The minimum Gasteiger partial charge on any atom is -0.444 e. The zero-order valence-electron chi connectivity index (χ0n) is 10.9. The third-order valence-corrected chi connectivity index (χ3v) is 2.35. The molecule has 1 N–H and O–H groups in total. The van der Waals surface area contributed by atoms with Crippen molar-refractivity contribution in [2.24, 2.45) is 0 Å². The van der Waals surface area contributed by atoms with E-state index in [1.807, 2.05) is 0 Å². The van der Waals surface area contributed by atoms with Crippen LogP contribution in [0.5, 0.6) is 0 Å². The first kappa shape index (κ1) is 13.5. The highest BCUT2D eigenvalue weighted by Crippen LogP contribution is 2.19. The maximum Gasteiger partial charge on any atom is 0.412 e. The number of carbonyl (C=O) groups excluding carboxylic acids is 1. The number of nitrogens with zero attached hydrogens (tertiary/aromatic N) is 2. The van der Waals surface area contributed by atoms with E-state index in [0.29, 0.717) is 16.4 Å². The molecule has 0 fully saturated rings. The molecular formula is C13H14ClN3O2. The lowest BCUT2D eigenvalue weighted by Gasteiger charge is -2.19. The Bertz CT molecular complexity index is 623. The lowest BCUT2D eigenvalue weighted by Crippen LogP contribution is -2.27. The van der Waals surface area contributed by atoms with Crippen LogP contribution in [-0.4, -0.2) is 21.7 Å². The molecule has 0 atom stereocenters. The summed E-state index contributed by atoms with van der Waals surface area (Å²) >= 11 is 5.86. The molecular weight excluding hydrogens is 266 g/mol. The van der Waals surface area contributed by atoms with Gasteiger partial charge in [-0.25, -0.2) is 14.8 Å². The molecule has 2 aromatic rings. The van der Waals surface area contributed by atoms with Gasteiger partial charge in [0.25, 0.3) is 0 Å². The lowest BCUT2D eigenvalue weighted by molar-refractivity contribution is 0.0636. The van der Waals surface area contributed by atoms with Crippen LogP contribution in [0, 0.1) is 0 Å². The summed E-state index contributed by atoms with van der Waals surface area (Å²) < 4.78 is 5.16. The highest BCUT2D eigenvalue weighted by atomic mass is 35.5. The number of anilines is 1. The van der Waals surface area contributed by atoms with Crippen molar-refractivity contribution in [1.82, 2.24) is 9.97 Å². The zero-order valence-corrected chi connectivity index (χ0v) is 11.7. The Morgan fingerprint density at radius 3 is 2.63 bits per heavy atom. The van der Waals surface area contributed by atoms with Crippen molar-refractivity contribution in [3.63, 3.8) is 0 Å². The van der Waals surface area contributed by atoms with Crippen LogP contribution < -0.4 is 5.32 Å². The molecule has 0 aliphatic carbocycles. The zero-order chi connectivity index (χ0) is 14.0. The molecule has 0 radical (unpaired) electrons. The summed E-state index contributed by atoms with van der Waals surface area (Å²) in [5.41, 5.74) is 0.559. The van der Waals surface area contributed by atoms with Crippen molar-refractivity contribution in [1.29, 1.82) is 0 Å². The van der Waals surface area contributed by atoms with E-state index in [1.54, 1.807) is 32.9 Å². The summed E-state index contributed by atoms with van der Waals surface area (Å²) in [6.45, 7) is 5.40. The molecule has 6 heteroatoms. The third kappa shape index (κ3) is 3.79.